The van der Waals surface area contributed by atoms with Gasteiger partial charge in [0, 0.05) is 5.02 Å². The Morgan fingerprint density at radius 2 is 2.10 bits per heavy atom. The number of hydrogen-bond donors (Lipinski definition) is 1. The molecule has 0 radical (unpaired) electrons. The summed E-state index contributed by atoms with van der Waals surface area (Å²) in [5.41, 5.74) is 0.339. The molecule has 7 nitrogen and oxygen atoms in total. The average molecular weight is 342 g/mol. The summed E-state index contributed by atoms with van der Waals surface area (Å²) in [5, 5.41) is 14.6. The lowest BCUT2D eigenvalue weighted by molar-refractivity contribution is -0.384. The van der Waals surface area contributed by atoms with E-state index in [2.05, 4.69) is 20.3 Å². The standard InChI is InChI=1S/C11H5Cl2N5O2S/c12-5-1-2-6-7(3-5)21-11(16-6)17-10-8(18(19)20)9(13)14-4-15-10/h1-4H,(H,14,15,16,17). The van der Waals surface area contributed by atoms with Crippen LogP contribution in [0.5, 0.6) is 0 Å². The Hall–Kier alpha value is -2.03. The van der Waals surface area contributed by atoms with Crippen molar-refractivity contribution in [2.24, 2.45) is 0 Å². The molecule has 0 aliphatic carbocycles. The van der Waals surface area contributed by atoms with Crippen molar-refractivity contribution in [2.45, 2.75) is 0 Å². The number of halogens is 2. The SMILES string of the molecule is O=[N+]([O-])c1c(Cl)ncnc1Nc1nc2ccc(Cl)cc2s1. The van der Waals surface area contributed by atoms with Crippen molar-refractivity contribution < 1.29 is 4.92 Å². The molecule has 1 aromatic carbocycles. The van der Waals surface area contributed by atoms with Crippen LogP contribution in [0.15, 0.2) is 24.5 Å². The first-order valence-electron chi connectivity index (χ1n) is 5.52. The van der Waals surface area contributed by atoms with Gasteiger partial charge in [-0.25, -0.2) is 15.0 Å². The van der Waals surface area contributed by atoms with Crippen LogP contribution in [-0.2, 0) is 0 Å². The molecule has 0 saturated heterocycles. The quantitative estimate of drug-likeness (QED) is 0.438. The van der Waals surface area contributed by atoms with Crippen molar-refractivity contribution in [3.05, 3.63) is 44.8 Å². The van der Waals surface area contributed by atoms with Crippen LogP contribution in [-0.4, -0.2) is 19.9 Å². The van der Waals surface area contributed by atoms with Crippen molar-refractivity contribution in [3.8, 4) is 0 Å². The fourth-order valence-electron chi connectivity index (χ4n) is 1.66. The number of rotatable bonds is 3. The third kappa shape index (κ3) is 2.73. The molecule has 0 amide bonds. The molecule has 0 fully saturated rings. The maximum atomic E-state index is 11.0. The van der Waals surface area contributed by atoms with Gasteiger partial charge in [-0.1, -0.05) is 34.5 Å². The van der Waals surface area contributed by atoms with E-state index in [1.165, 1.54) is 11.3 Å². The minimum Gasteiger partial charge on any atom is -0.310 e. The molecule has 0 spiro atoms. The van der Waals surface area contributed by atoms with Gasteiger partial charge < -0.3 is 5.32 Å². The summed E-state index contributed by atoms with van der Waals surface area (Å²) in [5.74, 6) is -0.00912. The van der Waals surface area contributed by atoms with Crippen molar-refractivity contribution in [1.29, 1.82) is 0 Å². The summed E-state index contributed by atoms with van der Waals surface area (Å²) in [6.45, 7) is 0. The number of anilines is 2. The van der Waals surface area contributed by atoms with Gasteiger partial charge in [-0.05, 0) is 18.2 Å². The van der Waals surface area contributed by atoms with E-state index < -0.39 is 10.6 Å². The van der Waals surface area contributed by atoms with Gasteiger partial charge in [0.2, 0.25) is 11.0 Å². The Labute approximate surface area is 131 Å². The fourth-order valence-corrected chi connectivity index (χ4v) is 3.01. The van der Waals surface area contributed by atoms with E-state index >= 15 is 0 Å². The number of nitrogens with zero attached hydrogens (tertiary/aromatic N) is 4. The zero-order chi connectivity index (χ0) is 15.0. The maximum Gasteiger partial charge on any atom is 0.348 e. The number of aromatic nitrogens is 3. The molecule has 0 bridgehead atoms. The normalized spacial score (nSPS) is 10.8. The molecule has 0 unspecified atom stereocenters. The number of fused-ring (bicyclic) bond motifs is 1. The minimum absolute atomic E-state index is 0.00912. The third-order valence-corrected chi connectivity index (χ3v) is 3.98. The van der Waals surface area contributed by atoms with Crippen molar-refractivity contribution >= 4 is 61.4 Å². The molecule has 3 aromatic rings. The van der Waals surface area contributed by atoms with Gasteiger partial charge in [-0.3, -0.25) is 10.1 Å². The van der Waals surface area contributed by atoms with Gasteiger partial charge in [0.05, 0.1) is 15.1 Å². The van der Waals surface area contributed by atoms with Gasteiger partial charge in [0.15, 0.2) is 5.13 Å². The third-order valence-electron chi connectivity index (χ3n) is 2.54. The molecule has 1 N–H and O–H groups in total. The molecular formula is C11H5Cl2N5O2S. The maximum absolute atomic E-state index is 11.0. The summed E-state index contributed by atoms with van der Waals surface area (Å²) < 4.78 is 0.854. The van der Waals surface area contributed by atoms with E-state index in [4.69, 9.17) is 23.2 Å². The van der Waals surface area contributed by atoms with E-state index in [1.54, 1.807) is 18.2 Å². The zero-order valence-corrected chi connectivity index (χ0v) is 12.4. The number of nitrogens with one attached hydrogen (secondary N) is 1. The highest BCUT2D eigenvalue weighted by Gasteiger charge is 2.22. The smallest absolute Gasteiger partial charge is 0.310 e. The summed E-state index contributed by atoms with van der Waals surface area (Å²) >= 11 is 12.9. The van der Waals surface area contributed by atoms with Crippen LogP contribution in [0, 0.1) is 10.1 Å². The molecule has 3 rings (SSSR count). The lowest BCUT2D eigenvalue weighted by Gasteiger charge is -2.02. The summed E-state index contributed by atoms with van der Waals surface area (Å²) in [6.07, 6.45) is 1.14. The monoisotopic (exact) mass is 341 g/mol. The Kier molecular flexibility index (Phi) is 3.58. The van der Waals surface area contributed by atoms with Crippen LogP contribution >= 0.6 is 34.5 Å². The Bertz CT molecular complexity index is 854. The van der Waals surface area contributed by atoms with Crippen molar-refractivity contribution in [2.75, 3.05) is 5.32 Å². The topological polar surface area (TPSA) is 93.8 Å². The molecule has 0 aliphatic heterocycles. The van der Waals surface area contributed by atoms with Crippen LogP contribution < -0.4 is 5.32 Å². The molecule has 2 aromatic heterocycles. The van der Waals surface area contributed by atoms with Crippen LogP contribution in [0.25, 0.3) is 10.2 Å². The summed E-state index contributed by atoms with van der Waals surface area (Å²) in [6, 6.07) is 5.25. The molecule has 21 heavy (non-hydrogen) atoms. The Morgan fingerprint density at radius 1 is 1.29 bits per heavy atom. The number of hydrogen-bond acceptors (Lipinski definition) is 7. The lowest BCUT2D eigenvalue weighted by atomic mass is 10.3. The molecule has 0 saturated carbocycles. The van der Waals surface area contributed by atoms with Crippen LogP contribution in [0.3, 0.4) is 0 Å². The second-order valence-corrected chi connectivity index (χ2v) is 5.70. The second-order valence-electron chi connectivity index (χ2n) is 3.87. The predicted octanol–water partition coefficient (Wildman–Crippen LogP) is 4.04. The zero-order valence-electron chi connectivity index (χ0n) is 10.1. The highest BCUT2D eigenvalue weighted by Crippen LogP contribution is 2.34. The van der Waals surface area contributed by atoms with Gasteiger partial charge in [-0.15, -0.1) is 0 Å². The highest BCUT2D eigenvalue weighted by atomic mass is 35.5. The van der Waals surface area contributed by atoms with Crippen molar-refractivity contribution in [1.82, 2.24) is 15.0 Å². The lowest BCUT2D eigenvalue weighted by Crippen LogP contribution is -2.01. The van der Waals surface area contributed by atoms with E-state index in [9.17, 15) is 10.1 Å². The predicted molar refractivity (Wildman–Crippen MR) is 81.6 cm³/mol. The van der Waals surface area contributed by atoms with E-state index in [-0.39, 0.29) is 11.0 Å². The molecule has 106 valence electrons. The van der Waals surface area contributed by atoms with Crippen LogP contribution in [0.2, 0.25) is 10.2 Å². The van der Waals surface area contributed by atoms with Crippen molar-refractivity contribution in [3.63, 3.8) is 0 Å². The van der Waals surface area contributed by atoms with E-state index in [0.717, 1.165) is 16.5 Å². The first kappa shape index (κ1) is 13.9. The molecule has 0 aliphatic rings. The Morgan fingerprint density at radius 3 is 2.86 bits per heavy atom. The minimum atomic E-state index is -0.644. The number of benzene rings is 1. The van der Waals surface area contributed by atoms with Gasteiger partial charge in [0.25, 0.3) is 0 Å². The molecule has 0 atom stereocenters. The molecule has 2 heterocycles. The first-order chi connectivity index (χ1) is 10.0. The Balaban J connectivity index is 2.02. The number of nitro groups is 1. The number of thiazole rings is 1. The summed E-state index contributed by atoms with van der Waals surface area (Å²) in [7, 11) is 0. The highest BCUT2D eigenvalue weighted by molar-refractivity contribution is 7.22. The van der Waals surface area contributed by atoms with Crippen LogP contribution in [0.4, 0.5) is 16.6 Å². The van der Waals surface area contributed by atoms with Crippen LogP contribution in [0.1, 0.15) is 0 Å². The average Bonchev–Trinajstić information content (AvgIpc) is 2.79. The molecular weight excluding hydrogens is 337 g/mol. The largest absolute Gasteiger partial charge is 0.348 e. The second kappa shape index (κ2) is 5.40. The first-order valence-corrected chi connectivity index (χ1v) is 7.10. The van der Waals surface area contributed by atoms with E-state index in [0.29, 0.717) is 10.2 Å². The van der Waals surface area contributed by atoms with Gasteiger partial charge in [-0.2, -0.15) is 0 Å². The van der Waals surface area contributed by atoms with Gasteiger partial charge >= 0.3 is 5.69 Å². The fraction of sp³-hybridized carbons (Fsp3) is 0. The molecule has 10 heteroatoms. The van der Waals surface area contributed by atoms with E-state index in [1.807, 2.05) is 0 Å². The van der Waals surface area contributed by atoms with Gasteiger partial charge in [0.1, 0.15) is 6.33 Å². The summed E-state index contributed by atoms with van der Waals surface area (Å²) in [4.78, 5) is 22.1.